The van der Waals surface area contributed by atoms with E-state index in [0.29, 0.717) is 0 Å². The first kappa shape index (κ1) is 20.6. The van der Waals surface area contributed by atoms with Crippen LogP contribution in [0.4, 0.5) is 0 Å². The molecule has 0 atom stereocenters. The fraction of sp³-hybridized carbons (Fsp3) is 0.900. The van der Waals surface area contributed by atoms with Gasteiger partial charge in [0.1, 0.15) is 0 Å². The van der Waals surface area contributed by atoms with Gasteiger partial charge >= 0.3 is 23.1 Å². The smallest absolute Gasteiger partial charge is 0.668 e. The van der Waals surface area contributed by atoms with E-state index in [1.807, 2.05) is 0 Å². The van der Waals surface area contributed by atoms with Gasteiger partial charge < -0.3 is 11.6 Å². The largest absolute Gasteiger partial charge is 2.00 e. The molecule has 0 radical (unpaired) electrons. The van der Waals surface area contributed by atoms with Gasteiger partial charge in [-0.05, 0) is 0 Å². The Morgan fingerprint density at radius 2 is 1.14 bits per heavy atom. The summed E-state index contributed by atoms with van der Waals surface area (Å²) in [5, 5.41) is 0. The van der Waals surface area contributed by atoms with Crippen molar-refractivity contribution in [2.75, 3.05) is 0 Å². The maximum absolute atomic E-state index is 4.82. The molecule has 0 bridgehead atoms. The molecule has 0 aromatic carbocycles. The Balaban J connectivity index is -0.000000209. The quantitative estimate of drug-likeness (QED) is 0.518. The van der Waals surface area contributed by atoms with Crippen molar-refractivity contribution in [2.24, 2.45) is 0 Å². The average molecular weight is 242 g/mol. The van der Waals surface area contributed by atoms with Crippen LogP contribution in [0.25, 0.3) is 4.65 Å². The molecular weight excluding hydrogens is 215 g/mol. The van der Waals surface area contributed by atoms with Gasteiger partial charge in [0.2, 0.25) is 0 Å². The molecule has 0 aromatic rings. The molecule has 0 aliphatic carbocycles. The van der Waals surface area contributed by atoms with E-state index in [1.165, 1.54) is 6.42 Å². The standard InChI is InChI=1S/C6H18NSi2.C4H9.Mg/c1-8(2,3)7-9(4,5)6;1-3-4-2;/h1-6H3;1,3-4H2,2H3;/q2*-1;+2. The molecule has 0 aromatic heterocycles. The molecule has 0 N–H and O–H groups in total. The van der Waals surface area contributed by atoms with Crippen LogP contribution in [0.3, 0.4) is 0 Å². The summed E-state index contributed by atoms with van der Waals surface area (Å²) in [6, 6.07) is 0. The van der Waals surface area contributed by atoms with Crippen molar-refractivity contribution in [1.29, 1.82) is 0 Å². The number of hydrogen-bond acceptors (Lipinski definition) is 0. The summed E-state index contributed by atoms with van der Waals surface area (Å²) < 4.78 is 4.82. The maximum Gasteiger partial charge on any atom is 2.00 e. The van der Waals surface area contributed by atoms with Crippen LogP contribution >= 0.6 is 0 Å². The van der Waals surface area contributed by atoms with E-state index in [2.05, 4.69) is 53.1 Å². The summed E-state index contributed by atoms with van der Waals surface area (Å²) in [6.07, 6.45) is 2.28. The van der Waals surface area contributed by atoms with E-state index in [4.69, 9.17) is 4.65 Å². The Bertz CT molecular complexity index is 102. The van der Waals surface area contributed by atoms with E-state index in [-0.39, 0.29) is 23.1 Å². The SMILES string of the molecule is C[Si](C)(C)[N-][Si](C)(C)C.[CH2-]CCC.[Mg+2]. The van der Waals surface area contributed by atoms with E-state index in [1.54, 1.807) is 0 Å². The van der Waals surface area contributed by atoms with Gasteiger partial charge in [0.25, 0.3) is 0 Å². The zero-order valence-electron chi connectivity index (χ0n) is 11.3. The van der Waals surface area contributed by atoms with Gasteiger partial charge in [-0.1, -0.05) is 69.1 Å². The molecule has 0 saturated heterocycles. The molecule has 0 amide bonds. The van der Waals surface area contributed by atoms with Crippen molar-refractivity contribution in [3.63, 3.8) is 0 Å². The van der Waals surface area contributed by atoms with Crippen LogP contribution in [-0.4, -0.2) is 39.5 Å². The Morgan fingerprint density at radius 3 is 1.14 bits per heavy atom. The zero-order valence-corrected chi connectivity index (χ0v) is 14.7. The van der Waals surface area contributed by atoms with E-state index in [9.17, 15) is 0 Å². The minimum atomic E-state index is -1.11. The molecule has 0 spiro atoms. The fourth-order valence-electron chi connectivity index (χ4n) is 1.01. The summed E-state index contributed by atoms with van der Waals surface area (Å²) in [7, 11) is -2.21. The first-order valence-electron chi connectivity index (χ1n) is 5.15. The third-order valence-corrected chi connectivity index (χ3v) is 6.39. The molecule has 0 fully saturated rings. The minimum Gasteiger partial charge on any atom is -0.668 e. The average Bonchev–Trinajstić information content (AvgIpc) is 1.80. The van der Waals surface area contributed by atoms with Gasteiger partial charge in [-0.3, -0.25) is 0 Å². The van der Waals surface area contributed by atoms with Crippen molar-refractivity contribution in [3.05, 3.63) is 11.6 Å². The minimum absolute atomic E-state index is 0. The number of nitrogens with zero attached hydrogens (tertiary/aromatic N) is 1. The van der Waals surface area contributed by atoms with Crippen LogP contribution in [0.5, 0.6) is 0 Å². The summed E-state index contributed by atoms with van der Waals surface area (Å²) in [5.41, 5.74) is 0. The second kappa shape index (κ2) is 9.39. The molecule has 4 heteroatoms. The number of unbranched alkanes of at least 4 members (excludes halogenated alkanes) is 1. The normalized spacial score (nSPS) is 11.1. The van der Waals surface area contributed by atoms with E-state index >= 15 is 0 Å². The third-order valence-electron chi connectivity index (χ3n) is 1.02. The Hall–Kier alpha value is 1.16. The molecule has 82 valence electrons. The second-order valence-corrected chi connectivity index (χ2v) is 14.9. The fourth-order valence-corrected chi connectivity index (χ4v) is 9.06. The first-order chi connectivity index (χ1) is 5.62. The summed E-state index contributed by atoms with van der Waals surface area (Å²) >= 11 is 0. The van der Waals surface area contributed by atoms with Crippen molar-refractivity contribution in [3.8, 4) is 0 Å². The Kier molecular flexibility index (Phi) is 13.8. The van der Waals surface area contributed by atoms with Gasteiger partial charge in [0.15, 0.2) is 0 Å². The molecule has 1 nitrogen and oxygen atoms in total. The Labute approximate surface area is 110 Å². The van der Waals surface area contributed by atoms with Gasteiger partial charge in [-0.2, -0.15) is 6.42 Å². The van der Waals surface area contributed by atoms with Gasteiger partial charge in [0, 0.05) is 0 Å². The van der Waals surface area contributed by atoms with Crippen LogP contribution in [-0.2, 0) is 0 Å². The number of hydrogen-bond donors (Lipinski definition) is 0. The van der Waals surface area contributed by atoms with Crippen LogP contribution in [0.15, 0.2) is 0 Å². The predicted octanol–water partition coefficient (Wildman–Crippen LogP) is 4.27. The van der Waals surface area contributed by atoms with Crippen molar-refractivity contribution in [2.45, 2.75) is 59.0 Å². The first-order valence-corrected chi connectivity index (χ1v) is 12.0. The van der Waals surface area contributed by atoms with Crippen LogP contribution < -0.4 is 0 Å². The molecule has 0 aliphatic heterocycles. The second-order valence-electron chi connectivity index (χ2n) is 5.31. The maximum atomic E-state index is 4.82. The van der Waals surface area contributed by atoms with Crippen molar-refractivity contribution >= 4 is 39.5 Å². The summed E-state index contributed by atoms with van der Waals surface area (Å²) in [6.45, 7) is 19.5. The van der Waals surface area contributed by atoms with Crippen LogP contribution in [0.1, 0.15) is 19.8 Å². The molecule has 0 rings (SSSR count). The topological polar surface area (TPSA) is 14.1 Å². The van der Waals surface area contributed by atoms with E-state index in [0.717, 1.165) is 6.42 Å². The summed E-state index contributed by atoms with van der Waals surface area (Å²) in [5.74, 6) is 0. The predicted molar refractivity (Wildman–Crippen MR) is 76.1 cm³/mol. The molecule has 0 heterocycles. The van der Waals surface area contributed by atoms with Crippen molar-refractivity contribution < 1.29 is 0 Å². The molecule has 0 unspecified atom stereocenters. The molecule has 14 heavy (non-hydrogen) atoms. The van der Waals surface area contributed by atoms with Crippen LogP contribution in [0, 0.1) is 6.92 Å². The monoisotopic (exact) mass is 241 g/mol. The van der Waals surface area contributed by atoms with Crippen molar-refractivity contribution in [1.82, 2.24) is 0 Å². The summed E-state index contributed by atoms with van der Waals surface area (Å²) in [4.78, 5) is 0. The molecular formula is C10H27MgNSi2. The van der Waals surface area contributed by atoms with Gasteiger partial charge in [-0.25, -0.2) is 0 Å². The zero-order chi connectivity index (χ0) is 11.1. The van der Waals surface area contributed by atoms with Crippen LogP contribution in [0.2, 0.25) is 39.3 Å². The van der Waals surface area contributed by atoms with E-state index < -0.39 is 16.5 Å². The Morgan fingerprint density at radius 1 is 0.929 bits per heavy atom. The molecule has 0 saturated carbocycles. The van der Waals surface area contributed by atoms with Gasteiger partial charge in [0.05, 0.1) is 0 Å². The van der Waals surface area contributed by atoms with Gasteiger partial charge in [-0.15, -0.1) is 0 Å². The number of rotatable bonds is 3. The molecule has 0 aliphatic rings. The third kappa shape index (κ3) is 29.2.